The zero-order valence-electron chi connectivity index (χ0n) is 10.3. The molecule has 0 bridgehead atoms. The van der Waals surface area contributed by atoms with Crippen molar-refractivity contribution in [3.8, 4) is 0 Å². The third-order valence-electron chi connectivity index (χ3n) is 2.62. The van der Waals surface area contributed by atoms with E-state index in [0.29, 0.717) is 12.5 Å². The van der Waals surface area contributed by atoms with Gasteiger partial charge in [0.2, 0.25) is 5.91 Å². The average Bonchev–Trinajstić information content (AvgIpc) is 2.28. The van der Waals surface area contributed by atoms with Gasteiger partial charge >= 0.3 is 0 Å². The van der Waals surface area contributed by atoms with Crippen LogP contribution in [0.3, 0.4) is 0 Å². The monoisotopic (exact) mass is 236 g/mol. The molecule has 0 aromatic heterocycles. The second-order valence-corrected chi connectivity index (χ2v) is 4.43. The van der Waals surface area contributed by atoms with E-state index < -0.39 is 12.0 Å². The topological polar surface area (TPSA) is 75.3 Å². The first kappa shape index (κ1) is 13.7. The van der Waals surface area contributed by atoms with E-state index >= 15 is 0 Å². The van der Waals surface area contributed by atoms with Gasteiger partial charge < -0.3 is 16.2 Å². The summed E-state index contributed by atoms with van der Waals surface area (Å²) in [7, 11) is 0. The van der Waals surface area contributed by atoms with E-state index in [9.17, 15) is 9.90 Å². The van der Waals surface area contributed by atoms with Gasteiger partial charge in [0.25, 0.3) is 0 Å². The molecule has 0 radical (unpaired) electrons. The first-order chi connectivity index (χ1) is 8.00. The van der Waals surface area contributed by atoms with E-state index in [1.54, 1.807) is 0 Å². The second kappa shape index (κ2) is 6.37. The number of aliphatic hydroxyl groups is 1. The Labute approximate surface area is 102 Å². The normalized spacial score (nSPS) is 12.7. The summed E-state index contributed by atoms with van der Waals surface area (Å²) in [5.41, 5.74) is 7.07. The first-order valence-corrected chi connectivity index (χ1v) is 5.77. The molecular weight excluding hydrogens is 216 g/mol. The van der Waals surface area contributed by atoms with Gasteiger partial charge in [0.15, 0.2) is 0 Å². The van der Waals surface area contributed by atoms with Crippen LogP contribution in [0.1, 0.15) is 37.0 Å². The molecule has 0 saturated heterocycles. The highest BCUT2D eigenvalue weighted by atomic mass is 16.3. The van der Waals surface area contributed by atoms with Crippen LogP contribution in [0.5, 0.6) is 0 Å². The number of primary amides is 1. The summed E-state index contributed by atoms with van der Waals surface area (Å²) >= 11 is 0. The highest BCUT2D eigenvalue weighted by Gasteiger charge is 2.08. The lowest BCUT2D eigenvalue weighted by molar-refractivity contribution is -0.117. The van der Waals surface area contributed by atoms with Crippen LogP contribution < -0.4 is 11.1 Å². The number of carbonyl (C=O) groups excluding carboxylic acids is 1. The second-order valence-electron chi connectivity index (χ2n) is 4.43. The van der Waals surface area contributed by atoms with Gasteiger partial charge in [0.1, 0.15) is 0 Å². The van der Waals surface area contributed by atoms with Crippen LogP contribution in [-0.2, 0) is 4.79 Å². The summed E-state index contributed by atoms with van der Waals surface area (Å²) in [5, 5.41) is 12.6. The van der Waals surface area contributed by atoms with Crippen LogP contribution in [0.15, 0.2) is 24.3 Å². The molecule has 1 aromatic rings. The third-order valence-corrected chi connectivity index (χ3v) is 2.62. The standard InChI is InChI=1S/C13H20N2O2/c1-9(2)10-3-5-11(6-4-10)12(16)7-15-8-13(14)17/h3-6,9,12,15-16H,7-8H2,1-2H3,(H2,14,17). The summed E-state index contributed by atoms with van der Waals surface area (Å²) in [6.45, 7) is 4.66. The molecule has 0 aliphatic carbocycles. The lowest BCUT2D eigenvalue weighted by Crippen LogP contribution is -2.31. The number of amides is 1. The number of carbonyl (C=O) groups is 1. The van der Waals surface area contributed by atoms with Gasteiger partial charge in [0.05, 0.1) is 12.6 Å². The summed E-state index contributed by atoms with van der Waals surface area (Å²) < 4.78 is 0. The van der Waals surface area contributed by atoms with Crippen molar-refractivity contribution in [1.29, 1.82) is 0 Å². The smallest absolute Gasteiger partial charge is 0.231 e. The SMILES string of the molecule is CC(C)c1ccc(C(O)CNCC(N)=O)cc1. The van der Waals surface area contributed by atoms with Crippen LogP contribution in [-0.4, -0.2) is 24.1 Å². The molecule has 4 heteroatoms. The Morgan fingerprint density at radius 3 is 2.29 bits per heavy atom. The predicted octanol–water partition coefficient (Wildman–Crippen LogP) is 0.918. The molecule has 0 fully saturated rings. The van der Waals surface area contributed by atoms with Crippen molar-refractivity contribution in [3.63, 3.8) is 0 Å². The van der Waals surface area contributed by atoms with Gasteiger partial charge in [-0.05, 0) is 17.0 Å². The number of benzene rings is 1. The maximum absolute atomic E-state index is 10.5. The quantitative estimate of drug-likeness (QED) is 0.687. The Morgan fingerprint density at radius 1 is 1.29 bits per heavy atom. The molecule has 1 aromatic carbocycles. The Hall–Kier alpha value is -1.39. The molecule has 94 valence electrons. The number of nitrogens with two attached hydrogens (primary N) is 1. The number of rotatable bonds is 6. The van der Waals surface area contributed by atoms with Crippen molar-refractivity contribution in [3.05, 3.63) is 35.4 Å². The van der Waals surface area contributed by atoms with Crippen molar-refractivity contribution < 1.29 is 9.90 Å². The number of nitrogens with one attached hydrogen (secondary N) is 1. The maximum Gasteiger partial charge on any atom is 0.231 e. The Bertz CT molecular complexity index is 360. The third kappa shape index (κ3) is 4.54. The van der Waals surface area contributed by atoms with E-state index in [-0.39, 0.29) is 6.54 Å². The summed E-state index contributed by atoms with van der Waals surface area (Å²) in [5.74, 6) is 0.0570. The molecule has 0 aliphatic heterocycles. The molecule has 1 atom stereocenters. The minimum atomic E-state index is -0.615. The molecule has 0 aliphatic rings. The molecule has 0 heterocycles. The van der Waals surface area contributed by atoms with Gasteiger partial charge in [-0.2, -0.15) is 0 Å². The van der Waals surface area contributed by atoms with Crippen LogP contribution in [0, 0.1) is 0 Å². The summed E-state index contributed by atoms with van der Waals surface area (Å²) in [6, 6.07) is 7.84. The van der Waals surface area contributed by atoms with Gasteiger partial charge in [-0.3, -0.25) is 4.79 Å². The fraction of sp³-hybridized carbons (Fsp3) is 0.462. The number of aliphatic hydroxyl groups excluding tert-OH is 1. The van der Waals surface area contributed by atoms with Crippen molar-refractivity contribution >= 4 is 5.91 Å². The average molecular weight is 236 g/mol. The zero-order valence-corrected chi connectivity index (χ0v) is 10.3. The zero-order chi connectivity index (χ0) is 12.8. The molecule has 1 unspecified atom stereocenters. The molecular formula is C13H20N2O2. The van der Waals surface area contributed by atoms with E-state index in [2.05, 4.69) is 19.2 Å². The molecule has 4 nitrogen and oxygen atoms in total. The highest BCUT2D eigenvalue weighted by Crippen LogP contribution is 2.18. The molecule has 0 saturated carbocycles. The van der Waals surface area contributed by atoms with Gasteiger partial charge in [0, 0.05) is 6.54 Å². The first-order valence-electron chi connectivity index (χ1n) is 5.77. The predicted molar refractivity (Wildman–Crippen MR) is 67.6 cm³/mol. The van der Waals surface area contributed by atoms with E-state index in [0.717, 1.165) is 5.56 Å². The molecule has 1 amide bonds. The van der Waals surface area contributed by atoms with E-state index in [4.69, 9.17) is 5.73 Å². The fourth-order valence-corrected chi connectivity index (χ4v) is 1.55. The molecule has 0 spiro atoms. The lowest BCUT2D eigenvalue weighted by atomic mass is 10.00. The van der Waals surface area contributed by atoms with E-state index in [1.165, 1.54) is 5.56 Å². The van der Waals surface area contributed by atoms with Crippen LogP contribution in [0.4, 0.5) is 0 Å². The Kier molecular flexibility index (Phi) is 5.12. The van der Waals surface area contributed by atoms with Crippen LogP contribution >= 0.6 is 0 Å². The van der Waals surface area contributed by atoms with Crippen molar-refractivity contribution in [2.24, 2.45) is 5.73 Å². The number of hydrogen-bond acceptors (Lipinski definition) is 3. The van der Waals surface area contributed by atoms with Crippen molar-refractivity contribution in [1.82, 2.24) is 5.32 Å². The van der Waals surface area contributed by atoms with Crippen molar-refractivity contribution in [2.45, 2.75) is 25.9 Å². The van der Waals surface area contributed by atoms with Crippen molar-refractivity contribution in [2.75, 3.05) is 13.1 Å². The number of hydrogen-bond donors (Lipinski definition) is 3. The Morgan fingerprint density at radius 2 is 1.82 bits per heavy atom. The van der Waals surface area contributed by atoms with E-state index in [1.807, 2.05) is 24.3 Å². The van der Waals surface area contributed by atoms with Gasteiger partial charge in [-0.25, -0.2) is 0 Å². The molecule has 4 N–H and O–H groups in total. The Balaban J connectivity index is 2.51. The maximum atomic E-state index is 10.5. The highest BCUT2D eigenvalue weighted by molar-refractivity contribution is 5.75. The molecule has 1 rings (SSSR count). The summed E-state index contributed by atoms with van der Waals surface area (Å²) in [4.78, 5) is 10.5. The largest absolute Gasteiger partial charge is 0.387 e. The van der Waals surface area contributed by atoms with Crippen LogP contribution in [0.25, 0.3) is 0 Å². The van der Waals surface area contributed by atoms with Crippen LogP contribution in [0.2, 0.25) is 0 Å². The lowest BCUT2D eigenvalue weighted by Gasteiger charge is -2.13. The fourth-order valence-electron chi connectivity index (χ4n) is 1.55. The van der Waals surface area contributed by atoms with Gasteiger partial charge in [-0.1, -0.05) is 38.1 Å². The van der Waals surface area contributed by atoms with Gasteiger partial charge in [-0.15, -0.1) is 0 Å². The minimum absolute atomic E-state index is 0.0845. The minimum Gasteiger partial charge on any atom is -0.387 e. The molecule has 17 heavy (non-hydrogen) atoms. The summed E-state index contributed by atoms with van der Waals surface area (Å²) in [6.07, 6.45) is -0.615.